The van der Waals surface area contributed by atoms with Crippen LogP contribution >= 0.6 is 15.9 Å². The maximum Gasteiger partial charge on any atom is 0.254 e. The first-order valence-corrected chi connectivity index (χ1v) is 10.7. The average molecular weight is 445 g/mol. The van der Waals surface area contributed by atoms with Crippen LogP contribution in [0.1, 0.15) is 47.3 Å². The average Bonchev–Trinajstić information content (AvgIpc) is 2.87. The molecule has 0 radical (unpaired) electrons. The minimum Gasteiger partial charge on any atom is -0.316 e. The largest absolute Gasteiger partial charge is 0.316 e. The van der Waals surface area contributed by atoms with Gasteiger partial charge in [-0.25, -0.2) is 5.43 Å². The first-order chi connectivity index (χ1) is 13.4. The van der Waals surface area contributed by atoms with Crippen LogP contribution in [-0.4, -0.2) is 41.2 Å². The lowest BCUT2D eigenvalue weighted by molar-refractivity contribution is -0.122. The lowest BCUT2D eigenvalue weighted by Gasteiger charge is -2.25. The van der Waals surface area contributed by atoms with E-state index in [1.165, 1.54) is 36.1 Å². The lowest BCUT2D eigenvalue weighted by atomic mass is 10.1. The third-order valence-corrected chi connectivity index (χ3v) is 6.48. The summed E-state index contributed by atoms with van der Waals surface area (Å²) < 4.78 is 3.26. The molecule has 2 aromatic rings. The SMILES string of the molecule is Cc1cccc(C)c1-n1c(C)c(Br)c(/C=N\NC(=O)CN2CCCCC2)c1C. The van der Waals surface area contributed by atoms with Crippen LogP contribution < -0.4 is 5.43 Å². The number of amides is 1. The Morgan fingerprint density at radius 2 is 1.75 bits per heavy atom. The van der Waals surface area contributed by atoms with Gasteiger partial charge in [0.1, 0.15) is 0 Å². The van der Waals surface area contributed by atoms with Crippen LogP contribution in [0.5, 0.6) is 0 Å². The number of aromatic nitrogens is 1. The summed E-state index contributed by atoms with van der Waals surface area (Å²) in [6, 6.07) is 6.34. The van der Waals surface area contributed by atoms with Crippen LogP contribution in [0, 0.1) is 27.7 Å². The number of hydrogen-bond acceptors (Lipinski definition) is 3. The van der Waals surface area contributed by atoms with Crippen LogP contribution in [0.15, 0.2) is 27.8 Å². The second-order valence-corrected chi connectivity index (χ2v) is 8.40. The standard InChI is InChI=1S/C22H29BrN4O/c1-15-9-8-10-16(2)22(15)27-17(3)19(21(23)18(27)4)13-24-25-20(28)14-26-11-6-5-7-12-26/h8-10,13H,5-7,11-12,14H2,1-4H3,(H,25,28)/b24-13-. The van der Waals surface area contributed by atoms with E-state index < -0.39 is 0 Å². The van der Waals surface area contributed by atoms with Gasteiger partial charge in [-0.05, 0) is 80.7 Å². The van der Waals surface area contributed by atoms with E-state index in [9.17, 15) is 4.79 Å². The highest BCUT2D eigenvalue weighted by atomic mass is 79.9. The highest BCUT2D eigenvalue weighted by molar-refractivity contribution is 9.10. The van der Waals surface area contributed by atoms with Gasteiger partial charge in [-0.15, -0.1) is 0 Å². The predicted octanol–water partition coefficient (Wildman–Crippen LogP) is 4.41. The fourth-order valence-electron chi connectivity index (χ4n) is 3.99. The van der Waals surface area contributed by atoms with Crippen molar-refractivity contribution in [1.82, 2.24) is 14.9 Å². The number of piperidine rings is 1. The first kappa shape index (κ1) is 20.8. The molecular formula is C22H29BrN4O. The minimum atomic E-state index is -0.0576. The highest BCUT2D eigenvalue weighted by Gasteiger charge is 2.18. The third kappa shape index (κ3) is 4.39. The van der Waals surface area contributed by atoms with Crippen molar-refractivity contribution in [1.29, 1.82) is 0 Å². The van der Waals surface area contributed by atoms with Crippen molar-refractivity contribution in [3.8, 4) is 5.69 Å². The molecule has 0 aliphatic carbocycles. The number of hydrazone groups is 1. The summed E-state index contributed by atoms with van der Waals surface area (Å²) in [6.07, 6.45) is 5.35. The van der Waals surface area contributed by atoms with E-state index in [0.717, 1.165) is 34.5 Å². The molecule has 0 unspecified atom stereocenters. The summed E-state index contributed by atoms with van der Waals surface area (Å²) in [6.45, 7) is 10.8. The van der Waals surface area contributed by atoms with E-state index in [1.54, 1.807) is 6.21 Å². The molecule has 1 aliphatic rings. The number of para-hydroxylation sites is 1. The van der Waals surface area contributed by atoms with Crippen molar-refractivity contribution in [2.75, 3.05) is 19.6 Å². The quantitative estimate of drug-likeness (QED) is 0.548. The first-order valence-electron chi connectivity index (χ1n) is 9.88. The van der Waals surface area contributed by atoms with Gasteiger partial charge in [-0.1, -0.05) is 24.6 Å². The van der Waals surface area contributed by atoms with Gasteiger partial charge in [0.05, 0.1) is 18.4 Å². The normalized spacial score (nSPS) is 15.3. The molecule has 28 heavy (non-hydrogen) atoms. The molecule has 1 fully saturated rings. The number of nitrogens with zero attached hydrogens (tertiary/aromatic N) is 3. The van der Waals surface area contributed by atoms with E-state index in [0.29, 0.717) is 6.54 Å². The third-order valence-electron chi connectivity index (χ3n) is 5.48. The Labute approximate surface area is 175 Å². The molecular weight excluding hydrogens is 416 g/mol. The van der Waals surface area contributed by atoms with Crippen molar-refractivity contribution in [2.45, 2.75) is 47.0 Å². The number of likely N-dealkylation sites (tertiary alicyclic amines) is 1. The van der Waals surface area contributed by atoms with Gasteiger partial charge in [0.2, 0.25) is 0 Å². The second kappa shape index (κ2) is 9.05. The van der Waals surface area contributed by atoms with Crippen LogP contribution in [0.4, 0.5) is 0 Å². The van der Waals surface area contributed by atoms with Crippen molar-refractivity contribution in [2.24, 2.45) is 5.10 Å². The van der Waals surface area contributed by atoms with Gasteiger partial charge in [0.15, 0.2) is 0 Å². The van der Waals surface area contributed by atoms with E-state index in [1.807, 2.05) is 0 Å². The van der Waals surface area contributed by atoms with Gasteiger partial charge in [0, 0.05) is 21.4 Å². The zero-order valence-corrected chi connectivity index (χ0v) is 18.8. The topological polar surface area (TPSA) is 49.6 Å². The molecule has 1 aromatic heterocycles. The number of carbonyl (C=O) groups is 1. The number of nitrogens with one attached hydrogen (secondary N) is 1. The summed E-state index contributed by atoms with van der Waals surface area (Å²) in [5.41, 5.74) is 9.54. The zero-order chi connectivity index (χ0) is 20.3. The molecule has 1 saturated heterocycles. The molecule has 1 N–H and O–H groups in total. The maximum atomic E-state index is 12.2. The zero-order valence-electron chi connectivity index (χ0n) is 17.2. The molecule has 1 aromatic carbocycles. The molecule has 3 rings (SSSR count). The molecule has 1 amide bonds. The fourth-order valence-corrected chi connectivity index (χ4v) is 4.56. The van der Waals surface area contributed by atoms with Crippen molar-refractivity contribution in [3.05, 3.63) is 50.8 Å². The molecule has 0 bridgehead atoms. The van der Waals surface area contributed by atoms with Crippen LogP contribution in [0.25, 0.3) is 5.69 Å². The van der Waals surface area contributed by atoms with E-state index >= 15 is 0 Å². The summed E-state index contributed by atoms with van der Waals surface area (Å²) in [7, 11) is 0. The van der Waals surface area contributed by atoms with Gasteiger partial charge in [0.25, 0.3) is 5.91 Å². The Balaban J connectivity index is 1.78. The Morgan fingerprint density at radius 1 is 1.11 bits per heavy atom. The van der Waals surface area contributed by atoms with Crippen molar-refractivity contribution in [3.63, 3.8) is 0 Å². The maximum absolute atomic E-state index is 12.2. The Morgan fingerprint density at radius 3 is 2.39 bits per heavy atom. The Kier molecular flexibility index (Phi) is 6.73. The summed E-state index contributed by atoms with van der Waals surface area (Å²) in [5, 5.41) is 4.23. The second-order valence-electron chi connectivity index (χ2n) is 7.60. The van der Waals surface area contributed by atoms with E-state index in [4.69, 9.17) is 0 Å². The monoisotopic (exact) mass is 444 g/mol. The lowest BCUT2D eigenvalue weighted by Crippen LogP contribution is -2.38. The highest BCUT2D eigenvalue weighted by Crippen LogP contribution is 2.32. The number of benzene rings is 1. The molecule has 5 nitrogen and oxygen atoms in total. The molecule has 0 spiro atoms. The van der Waals surface area contributed by atoms with E-state index in [-0.39, 0.29) is 5.91 Å². The number of halogens is 1. The van der Waals surface area contributed by atoms with Crippen LogP contribution in [0.3, 0.4) is 0 Å². The van der Waals surface area contributed by atoms with Crippen LogP contribution in [0.2, 0.25) is 0 Å². The minimum absolute atomic E-state index is 0.0576. The van der Waals surface area contributed by atoms with Gasteiger partial charge in [-0.2, -0.15) is 5.10 Å². The van der Waals surface area contributed by atoms with Crippen LogP contribution in [-0.2, 0) is 4.79 Å². The molecule has 2 heterocycles. The van der Waals surface area contributed by atoms with Gasteiger partial charge in [-0.3, -0.25) is 9.69 Å². The Bertz CT molecular complexity index is 874. The number of carbonyl (C=O) groups excluding carboxylic acids is 1. The van der Waals surface area contributed by atoms with Crippen molar-refractivity contribution >= 4 is 28.1 Å². The molecule has 1 aliphatic heterocycles. The number of hydrogen-bond donors (Lipinski definition) is 1. The molecule has 0 saturated carbocycles. The summed E-state index contributed by atoms with van der Waals surface area (Å²) in [4.78, 5) is 14.4. The Hall–Kier alpha value is -1.92. The number of rotatable bonds is 5. The van der Waals surface area contributed by atoms with Gasteiger partial charge < -0.3 is 4.57 Å². The smallest absolute Gasteiger partial charge is 0.254 e. The number of aryl methyl sites for hydroxylation is 2. The molecule has 150 valence electrons. The van der Waals surface area contributed by atoms with Gasteiger partial charge >= 0.3 is 0 Å². The fraction of sp³-hybridized carbons (Fsp3) is 0.455. The molecule has 0 atom stereocenters. The summed E-state index contributed by atoms with van der Waals surface area (Å²) >= 11 is 3.71. The van der Waals surface area contributed by atoms with Crippen molar-refractivity contribution < 1.29 is 4.79 Å². The predicted molar refractivity (Wildman–Crippen MR) is 118 cm³/mol. The van der Waals surface area contributed by atoms with E-state index in [2.05, 4.69) is 81.8 Å². The summed E-state index contributed by atoms with van der Waals surface area (Å²) in [5.74, 6) is -0.0576. The molecule has 6 heteroatoms.